The molecule has 0 bridgehead atoms. The molecule has 35 heavy (non-hydrogen) atoms. The van der Waals surface area contributed by atoms with Gasteiger partial charge in [0.2, 0.25) is 5.91 Å². The molecule has 2 aromatic rings. The summed E-state index contributed by atoms with van der Waals surface area (Å²) in [5.41, 5.74) is 2.47. The Morgan fingerprint density at radius 3 is 1.91 bits per heavy atom. The smallest absolute Gasteiger partial charge is 0.339 e. The van der Waals surface area contributed by atoms with Gasteiger partial charge < -0.3 is 14.4 Å². The van der Waals surface area contributed by atoms with Gasteiger partial charge in [-0.05, 0) is 11.1 Å². The molecule has 2 fully saturated rings. The maximum absolute atomic E-state index is 13.3. The molecular weight excluding hydrogens is 466 g/mol. The van der Waals surface area contributed by atoms with E-state index in [1.54, 1.807) is 0 Å². The van der Waals surface area contributed by atoms with Crippen molar-refractivity contribution in [2.45, 2.75) is 17.5 Å². The van der Waals surface area contributed by atoms with E-state index in [1.165, 1.54) is 42.0 Å². The van der Waals surface area contributed by atoms with Gasteiger partial charge in [0, 0.05) is 31.9 Å². The number of hydrogen-bond acceptors (Lipinski definition) is 8. The average Bonchev–Trinajstić information content (AvgIpc) is 3.36. The number of carbonyl (C=O) groups excluding carboxylic acids is 3. The number of carbonyl (C=O) groups is 3. The number of piperazine rings is 1. The molecule has 2 saturated heterocycles. The van der Waals surface area contributed by atoms with Crippen molar-refractivity contribution in [1.29, 1.82) is 0 Å². The molecule has 0 unspecified atom stereocenters. The van der Waals surface area contributed by atoms with Crippen molar-refractivity contribution in [3.8, 4) is 0 Å². The van der Waals surface area contributed by atoms with Gasteiger partial charge in [0.05, 0.1) is 26.8 Å². The zero-order chi connectivity index (χ0) is 24.8. The van der Waals surface area contributed by atoms with Crippen LogP contribution in [0.5, 0.6) is 0 Å². The first-order valence-electron chi connectivity index (χ1n) is 11.7. The van der Waals surface area contributed by atoms with E-state index in [0.29, 0.717) is 18.8 Å². The number of esters is 2. The summed E-state index contributed by atoms with van der Waals surface area (Å²) in [6.45, 7) is 3.12. The second-order valence-electron chi connectivity index (χ2n) is 8.58. The molecule has 2 aliphatic heterocycles. The van der Waals surface area contributed by atoms with Crippen LogP contribution in [-0.2, 0) is 23.9 Å². The minimum absolute atomic E-state index is 0.136. The lowest BCUT2D eigenvalue weighted by Crippen LogP contribution is -2.55. The van der Waals surface area contributed by atoms with Crippen LogP contribution in [0.15, 0.2) is 60.7 Å². The third-order valence-corrected chi connectivity index (χ3v) is 7.77. The number of ether oxygens (including phenoxy) is 2. The lowest BCUT2D eigenvalue weighted by Gasteiger charge is -2.40. The van der Waals surface area contributed by atoms with Crippen molar-refractivity contribution in [3.63, 3.8) is 0 Å². The summed E-state index contributed by atoms with van der Waals surface area (Å²) in [6.07, 6.45) is 0. The number of amides is 1. The Bertz CT molecular complexity index is 951. The summed E-state index contributed by atoms with van der Waals surface area (Å²) in [7, 11) is 2.57. The second kappa shape index (κ2) is 11.7. The van der Waals surface area contributed by atoms with Gasteiger partial charge in [0.25, 0.3) is 0 Å². The zero-order valence-electron chi connectivity index (χ0n) is 20.0. The molecule has 2 aromatic carbocycles. The van der Waals surface area contributed by atoms with Gasteiger partial charge >= 0.3 is 11.9 Å². The number of rotatable bonds is 7. The average molecular weight is 498 g/mol. The molecule has 2 heterocycles. The van der Waals surface area contributed by atoms with E-state index in [4.69, 9.17) is 9.47 Å². The molecule has 8 nitrogen and oxygen atoms in total. The number of methoxy groups -OCH3 is 2. The van der Waals surface area contributed by atoms with E-state index in [-0.39, 0.29) is 18.5 Å². The predicted octanol–water partition coefficient (Wildman–Crippen LogP) is 2.01. The fourth-order valence-corrected chi connectivity index (χ4v) is 6.07. The van der Waals surface area contributed by atoms with Gasteiger partial charge in [-0.1, -0.05) is 60.7 Å². The quantitative estimate of drug-likeness (QED) is 0.538. The highest BCUT2D eigenvalue weighted by molar-refractivity contribution is 8.00. The van der Waals surface area contributed by atoms with E-state index < -0.39 is 23.4 Å². The lowest BCUT2D eigenvalue weighted by atomic mass is 9.96. The van der Waals surface area contributed by atoms with E-state index in [9.17, 15) is 14.4 Å². The zero-order valence-corrected chi connectivity index (χ0v) is 20.9. The van der Waals surface area contributed by atoms with Crippen LogP contribution >= 0.6 is 11.8 Å². The lowest BCUT2D eigenvalue weighted by molar-refractivity contribution is -0.157. The van der Waals surface area contributed by atoms with Gasteiger partial charge in [-0.25, -0.2) is 9.59 Å². The third-order valence-electron chi connectivity index (χ3n) is 6.53. The number of nitrogens with zero attached hydrogens (tertiary/aromatic N) is 3. The third kappa shape index (κ3) is 5.69. The van der Waals surface area contributed by atoms with Gasteiger partial charge in [0.15, 0.2) is 5.37 Å². The van der Waals surface area contributed by atoms with Crippen LogP contribution in [0.4, 0.5) is 0 Å². The highest BCUT2D eigenvalue weighted by atomic mass is 32.2. The standard InChI is InChI=1S/C26H31N3O5S/c1-33-25(31)21-18-35-24(26(32)34-2)29(21)22(30)17-27-13-15-28(16-14-27)23(19-9-5-3-6-10-19)20-11-7-4-8-12-20/h3-12,21,23-24H,13-18H2,1-2H3/t21-,24+/m0/s1. The van der Waals surface area contributed by atoms with Crippen LogP contribution in [0.1, 0.15) is 17.2 Å². The highest BCUT2D eigenvalue weighted by Crippen LogP contribution is 2.32. The minimum Gasteiger partial charge on any atom is -0.467 e. The summed E-state index contributed by atoms with van der Waals surface area (Å²) in [4.78, 5) is 43.7. The first-order valence-corrected chi connectivity index (χ1v) is 12.7. The van der Waals surface area contributed by atoms with Gasteiger partial charge in [-0.15, -0.1) is 11.8 Å². The molecule has 4 rings (SSSR count). The van der Waals surface area contributed by atoms with E-state index >= 15 is 0 Å². The molecule has 0 spiro atoms. The number of thioether (sulfide) groups is 1. The predicted molar refractivity (Wildman–Crippen MR) is 134 cm³/mol. The maximum atomic E-state index is 13.3. The number of hydrogen-bond donors (Lipinski definition) is 0. The Kier molecular flexibility index (Phi) is 8.43. The highest BCUT2D eigenvalue weighted by Gasteiger charge is 2.46. The van der Waals surface area contributed by atoms with Gasteiger partial charge in [0.1, 0.15) is 6.04 Å². The Labute approximate surface area is 210 Å². The van der Waals surface area contributed by atoms with Crippen LogP contribution < -0.4 is 0 Å². The van der Waals surface area contributed by atoms with Crippen molar-refractivity contribution in [2.75, 3.05) is 52.7 Å². The van der Waals surface area contributed by atoms with Crippen molar-refractivity contribution >= 4 is 29.6 Å². The van der Waals surface area contributed by atoms with Crippen LogP contribution in [0.3, 0.4) is 0 Å². The maximum Gasteiger partial charge on any atom is 0.339 e. The second-order valence-corrected chi connectivity index (χ2v) is 9.70. The van der Waals surface area contributed by atoms with Crippen LogP contribution in [-0.4, -0.2) is 96.7 Å². The summed E-state index contributed by atoms with van der Waals surface area (Å²) in [5, 5.41) is -0.835. The van der Waals surface area contributed by atoms with Crippen LogP contribution in [0, 0.1) is 0 Å². The Hall–Kier alpha value is -2.88. The molecule has 0 saturated carbocycles. The topological polar surface area (TPSA) is 79.4 Å². The summed E-state index contributed by atoms with van der Waals surface area (Å²) >= 11 is 1.23. The molecule has 1 amide bonds. The summed E-state index contributed by atoms with van der Waals surface area (Å²) < 4.78 is 9.74. The molecule has 0 radical (unpaired) electrons. The molecule has 2 atom stereocenters. The van der Waals surface area contributed by atoms with Gasteiger partial charge in [-0.2, -0.15) is 0 Å². The van der Waals surface area contributed by atoms with Crippen molar-refractivity contribution in [3.05, 3.63) is 71.8 Å². The fraction of sp³-hybridized carbons (Fsp3) is 0.423. The van der Waals surface area contributed by atoms with E-state index in [2.05, 4.69) is 58.3 Å². The van der Waals surface area contributed by atoms with Crippen molar-refractivity contribution in [2.24, 2.45) is 0 Å². The normalized spacial score (nSPS) is 21.2. The number of benzene rings is 2. The first kappa shape index (κ1) is 25.2. The summed E-state index contributed by atoms with van der Waals surface area (Å²) in [6, 6.07) is 20.2. The SMILES string of the molecule is COC(=O)[C@H]1SC[C@@H](C(=O)OC)N1C(=O)CN1CCN(C(c2ccccc2)c2ccccc2)CC1. The Morgan fingerprint density at radius 1 is 0.857 bits per heavy atom. The fourth-order valence-electron chi connectivity index (χ4n) is 4.75. The first-order chi connectivity index (χ1) is 17.0. The monoisotopic (exact) mass is 497 g/mol. The molecule has 0 aromatic heterocycles. The molecule has 9 heteroatoms. The van der Waals surface area contributed by atoms with Gasteiger partial charge in [-0.3, -0.25) is 14.6 Å². The molecule has 2 aliphatic rings. The van der Waals surface area contributed by atoms with Crippen molar-refractivity contribution < 1.29 is 23.9 Å². The Balaban J connectivity index is 1.43. The largest absolute Gasteiger partial charge is 0.467 e. The molecule has 0 aliphatic carbocycles. The van der Waals surface area contributed by atoms with E-state index in [0.717, 1.165) is 13.1 Å². The molecule has 0 N–H and O–H groups in total. The van der Waals surface area contributed by atoms with Crippen LogP contribution in [0.2, 0.25) is 0 Å². The summed E-state index contributed by atoms with van der Waals surface area (Å²) in [5.74, 6) is -1.01. The molecular formula is C26H31N3O5S. The Morgan fingerprint density at radius 2 is 1.40 bits per heavy atom. The van der Waals surface area contributed by atoms with Crippen LogP contribution in [0.25, 0.3) is 0 Å². The van der Waals surface area contributed by atoms with E-state index in [1.807, 2.05) is 12.1 Å². The molecule has 186 valence electrons. The minimum atomic E-state index is -0.835. The van der Waals surface area contributed by atoms with Crippen molar-refractivity contribution in [1.82, 2.24) is 14.7 Å².